The van der Waals surface area contributed by atoms with Crippen LogP contribution in [0.2, 0.25) is 0 Å². The van der Waals surface area contributed by atoms with Crippen LogP contribution in [0.15, 0.2) is 29.2 Å². The van der Waals surface area contributed by atoms with Crippen molar-refractivity contribution in [1.29, 1.82) is 0 Å². The van der Waals surface area contributed by atoms with Crippen molar-refractivity contribution in [2.24, 2.45) is 0 Å². The Morgan fingerprint density at radius 2 is 2.38 bits per heavy atom. The molecule has 0 aromatic heterocycles. The van der Waals surface area contributed by atoms with E-state index in [-0.39, 0.29) is 0 Å². The lowest BCUT2D eigenvalue weighted by molar-refractivity contribution is 0.346. The molecule has 1 N–H and O–H groups in total. The van der Waals surface area contributed by atoms with Crippen molar-refractivity contribution in [3.05, 3.63) is 24.3 Å². The van der Waals surface area contributed by atoms with Gasteiger partial charge in [0, 0.05) is 16.3 Å². The molecule has 0 amide bonds. The third-order valence-corrected chi connectivity index (χ3v) is 4.80. The predicted molar refractivity (Wildman–Crippen MR) is 76.4 cm³/mol. The Labute approximate surface area is 110 Å². The number of para-hydroxylation sites is 1. The molecule has 2 nitrogen and oxygen atoms in total. The fourth-order valence-corrected chi connectivity index (χ4v) is 3.70. The first-order valence-electron chi connectivity index (χ1n) is 5.11. The summed E-state index contributed by atoms with van der Waals surface area (Å²) in [5.41, 5.74) is 1.22. The molecule has 1 aliphatic heterocycles. The van der Waals surface area contributed by atoms with Gasteiger partial charge >= 0.3 is 0 Å². The van der Waals surface area contributed by atoms with Crippen molar-refractivity contribution >= 4 is 45.8 Å². The standard InChI is InChI=1S/C11H13NOS3/c1-2-13-11(14)15-7-10-12-8-5-3-4-6-9(8)16-10/h3-6,10,12H,2,7H2,1H3. The van der Waals surface area contributed by atoms with Gasteiger partial charge in [0.15, 0.2) is 0 Å². The van der Waals surface area contributed by atoms with E-state index in [0.717, 1.165) is 5.75 Å². The zero-order valence-electron chi connectivity index (χ0n) is 8.93. The molecule has 0 bridgehead atoms. The highest BCUT2D eigenvalue weighted by molar-refractivity contribution is 8.23. The topological polar surface area (TPSA) is 21.3 Å². The summed E-state index contributed by atoms with van der Waals surface area (Å²) < 4.78 is 5.88. The molecule has 1 unspecified atom stereocenters. The normalized spacial score (nSPS) is 17.7. The van der Waals surface area contributed by atoms with E-state index in [1.165, 1.54) is 10.6 Å². The van der Waals surface area contributed by atoms with Gasteiger partial charge in [-0.1, -0.05) is 35.7 Å². The smallest absolute Gasteiger partial charge is 0.220 e. The van der Waals surface area contributed by atoms with Gasteiger partial charge in [0.05, 0.1) is 12.0 Å². The second-order valence-corrected chi connectivity index (χ2v) is 6.11. The molecule has 86 valence electrons. The highest BCUT2D eigenvalue weighted by Gasteiger charge is 2.21. The van der Waals surface area contributed by atoms with E-state index in [1.54, 1.807) is 11.8 Å². The molecule has 0 aliphatic carbocycles. The highest BCUT2D eigenvalue weighted by atomic mass is 32.2. The fraction of sp³-hybridized carbons (Fsp3) is 0.364. The van der Waals surface area contributed by atoms with Crippen molar-refractivity contribution in [2.75, 3.05) is 17.7 Å². The maximum atomic E-state index is 5.24. The maximum absolute atomic E-state index is 5.24. The molecule has 0 fully saturated rings. The van der Waals surface area contributed by atoms with Crippen LogP contribution >= 0.6 is 35.7 Å². The quantitative estimate of drug-likeness (QED) is 0.846. The Morgan fingerprint density at radius 1 is 1.56 bits per heavy atom. The first-order valence-corrected chi connectivity index (χ1v) is 7.38. The minimum Gasteiger partial charge on any atom is -0.479 e. The van der Waals surface area contributed by atoms with Gasteiger partial charge in [-0.2, -0.15) is 0 Å². The average Bonchev–Trinajstić information content (AvgIpc) is 2.69. The zero-order valence-corrected chi connectivity index (χ0v) is 11.4. The van der Waals surface area contributed by atoms with E-state index in [1.807, 2.05) is 24.8 Å². The molecule has 1 aliphatic rings. The lowest BCUT2D eigenvalue weighted by Gasteiger charge is -2.10. The molecule has 1 atom stereocenters. The zero-order chi connectivity index (χ0) is 11.4. The molecule has 2 rings (SSSR count). The van der Waals surface area contributed by atoms with Crippen LogP contribution in [-0.4, -0.2) is 22.1 Å². The molecule has 0 spiro atoms. The predicted octanol–water partition coefficient (Wildman–Crippen LogP) is 3.58. The van der Waals surface area contributed by atoms with Crippen molar-refractivity contribution in [3.8, 4) is 0 Å². The number of nitrogens with one attached hydrogen (secondary N) is 1. The van der Waals surface area contributed by atoms with Crippen LogP contribution < -0.4 is 5.32 Å². The van der Waals surface area contributed by atoms with E-state index in [9.17, 15) is 0 Å². The average molecular weight is 271 g/mol. The van der Waals surface area contributed by atoms with E-state index < -0.39 is 0 Å². The van der Waals surface area contributed by atoms with Crippen molar-refractivity contribution in [2.45, 2.75) is 17.2 Å². The Balaban J connectivity index is 1.81. The van der Waals surface area contributed by atoms with Gasteiger partial charge in [-0.05, 0) is 31.3 Å². The van der Waals surface area contributed by atoms with Crippen molar-refractivity contribution in [1.82, 2.24) is 0 Å². The van der Waals surface area contributed by atoms with Crippen LogP contribution in [0.4, 0.5) is 5.69 Å². The van der Waals surface area contributed by atoms with Crippen LogP contribution in [0.1, 0.15) is 6.92 Å². The van der Waals surface area contributed by atoms with Gasteiger partial charge in [0.25, 0.3) is 0 Å². The molecular weight excluding hydrogens is 258 g/mol. The molecule has 0 radical (unpaired) electrons. The number of benzene rings is 1. The minimum atomic E-state index is 0.390. The molecule has 1 aromatic rings. The molecule has 1 heterocycles. The monoisotopic (exact) mass is 271 g/mol. The van der Waals surface area contributed by atoms with Gasteiger partial charge in [-0.25, -0.2) is 0 Å². The first-order chi connectivity index (χ1) is 7.79. The number of fused-ring (bicyclic) bond motifs is 1. The van der Waals surface area contributed by atoms with E-state index in [0.29, 0.717) is 16.4 Å². The fourth-order valence-electron chi connectivity index (χ4n) is 1.42. The SMILES string of the molecule is CCOC(=S)SCC1Nc2ccccc2S1. The summed E-state index contributed by atoms with van der Waals surface area (Å²) >= 11 is 8.52. The lowest BCUT2D eigenvalue weighted by Crippen LogP contribution is -2.14. The van der Waals surface area contributed by atoms with Crippen molar-refractivity contribution < 1.29 is 4.74 Å². The van der Waals surface area contributed by atoms with Gasteiger partial charge < -0.3 is 10.1 Å². The molecular formula is C11H13NOS3. The summed E-state index contributed by atoms with van der Waals surface area (Å²) in [4.78, 5) is 1.32. The highest BCUT2D eigenvalue weighted by Crippen LogP contribution is 2.39. The van der Waals surface area contributed by atoms with Crippen molar-refractivity contribution in [3.63, 3.8) is 0 Å². The largest absolute Gasteiger partial charge is 0.479 e. The summed E-state index contributed by atoms with van der Waals surface area (Å²) in [6, 6.07) is 8.35. The molecule has 16 heavy (non-hydrogen) atoms. The van der Waals surface area contributed by atoms with Crippen LogP contribution in [0.3, 0.4) is 0 Å². The number of rotatable bonds is 3. The number of hydrogen-bond acceptors (Lipinski definition) is 5. The van der Waals surface area contributed by atoms with Crippen LogP contribution in [0.5, 0.6) is 0 Å². The number of ether oxygens (including phenoxy) is 1. The van der Waals surface area contributed by atoms with E-state index >= 15 is 0 Å². The Morgan fingerprint density at radius 3 is 3.12 bits per heavy atom. The summed E-state index contributed by atoms with van der Waals surface area (Å²) in [5, 5.41) is 3.85. The van der Waals surface area contributed by atoms with Crippen LogP contribution in [-0.2, 0) is 4.74 Å². The van der Waals surface area contributed by atoms with E-state index in [2.05, 4.69) is 23.5 Å². The first kappa shape index (κ1) is 12.1. The maximum Gasteiger partial charge on any atom is 0.220 e. The molecule has 0 saturated carbocycles. The van der Waals surface area contributed by atoms with Gasteiger partial charge in [-0.3, -0.25) is 0 Å². The number of thioether (sulfide) groups is 2. The second kappa shape index (κ2) is 5.80. The Kier molecular flexibility index (Phi) is 4.37. The van der Waals surface area contributed by atoms with E-state index in [4.69, 9.17) is 17.0 Å². The molecule has 0 saturated heterocycles. The third-order valence-electron chi connectivity index (χ3n) is 2.09. The summed E-state index contributed by atoms with van der Waals surface area (Å²) in [6.45, 7) is 2.60. The summed E-state index contributed by atoms with van der Waals surface area (Å²) in [7, 11) is 0. The van der Waals surface area contributed by atoms with Crippen LogP contribution in [0, 0.1) is 0 Å². The Hall–Kier alpha value is -0.390. The number of hydrogen-bond donors (Lipinski definition) is 1. The van der Waals surface area contributed by atoms with Crippen LogP contribution in [0.25, 0.3) is 0 Å². The number of anilines is 1. The lowest BCUT2D eigenvalue weighted by atomic mass is 10.3. The summed E-state index contributed by atoms with van der Waals surface area (Å²) in [5.74, 6) is 0.929. The van der Waals surface area contributed by atoms with Gasteiger partial charge in [0.2, 0.25) is 4.38 Å². The molecule has 1 aromatic carbocycles. The third kappa shape index (κ3) is 3.06. The Bertz CT molecular complexity index is 358. The summed E-state index contributed by atoms with van der Waals surface area (Å²) in [6.07, 6.45) is 0. The van der Waals surface area contributed by atoms with Gasteiger partial charge in [0.1, 0.15) is 0 Å². The van der Waals surface area contributed by atoms with Gasteiger partial charge in [-0.15, -0.1) is 0 Å². The second-order valence-electron chi connectivity index (χ2n) is 3.24. The molecule has 5 heteroatoms. The number of thiocarbonyl (C=S) groups is 1. The minimum absolute atomic E-state index is 0.390.